The van der Waals surface area contributed by atoms with Crippen molar-refractivity contribution in [3.63, 3.8) is 0 Å². The molecule has 2 heterocycles. The van der Waals surface area contributed by atoms with Gasteiger partial charge in [0.1, 0.15) is 0 Å². The first-order valence-electron chi connectivity index (χ1n) is 8.49. The van der Waals surface area contributed by atoms with E-state index in [1.54, 1.807) is 7.05 Å². The summed E-state index contributed by atoms with van der Waals surface area (Å²) in [6.45, 7) is 3.95. The summed E-state index contributed by atoms with van der Waals surface area (Å²) < 4.78 is 1.99. The first-order chi connectivity index (χ1) is 11.3. The third kappa shape index (κ3) is 4.00. The number of aliphatic imine (C=N–C) groups is 1. The van der Waals surface area contributed by atoms with Crippen LogP contribution in [0.3, 0.4) is 0 Å². The van der Waals surface area contributed by atoms with Crippen LogP contribution in [-0.4, -0.2) is 34.2 Å². The number of aromatic nitrogens is 3. The molecule has 1 aliphatic carbocycles. The number of hydrogen-bond donors (Lipinski definition) is 2. The lowest BCUT2D eigenvalue weighted by atomic mass is 9.82. The topological polar surface area (TPSA) is 66.6 Å². The van der Waals surface area contributed by atoms with Crippen molar-refractivity contribution in [3.05, 3.63) is 30.2 Å². The summed E-state index contributed by atoms with van der Waals surface area (Å²) in [6.07, 6.45) is 7.35. The van der Waals surface area contributed by atoms with E-state index in [0.717, 1.165) is 35.8 Å². The Hall–Kier alpha value is -2.11. The number of rotatable bonds is 4. The van der Waals surface area contributed by atoms with Gasteiger partial charge < -0.3 is 10.6 Å². The van der Waals surface area contributed by atoms with Crippen molar-refractivity contribution in [2.24, 2.45) is 16.8 Å². The molecule has 6 heteroatoms. The van der Waals surface area contributed by atoms with E-state index < -0.39 is 0 Å². The van der Waals surface area contributed by atoms with Gasteiger partial charge in [-0.1, -0.05) is 25.8 Å². The van der Waals surface area contributed by atoms with Crippen LogP contribution in [0.15, 0.2) is 29.4 Å². The minimum absolute atomic E-state index is 0.603. The van der Waals surface area contributed by atoms with Crippen molar-refractivity contribution >= 4 is 11.6 Å². The van der Waals surface area contributed by atoms with Gasteiger partial charge >= 0.3 is 0 Å². The van der Waals surface area contributed by atoms with Crippen LogP contribution in [0.1, 0.15) is 38.4 Å². The van der Waals surface area contributed by atoms with E-state index in [0.29, 0.717) is 6.54 Å². The second kappa shape index (κ2) is 7.44. The van der Waals surface area contributed by atoms with Crippen molar-refractivity contribution < 1.29 is 0 Å². The average Bonchev–Trinajstić information content (AvgIpc) is 2.98. The third-order valence-electron chi connectivity index (χ3n) is 4.63. The maximum Gasteiger partial charge on any atom is 0.191 e. The molecule has 23 heavy (non-hydrogen) atoms. The minimum atomic E-state index is 0.603. The van der Waals surface area contributed by atoms with E-state index in [9.17, 15) is 0 Å². The van der Waals surface area contributed by atoms with Crippen LogP contribution in [-0.2, 0) is 6.54 Å². The monoisotopic (exact) mass is 314 g/mol. The largest absolute Gasteiger partial charge is 0.356 e. The standard InChI is InChI=1S/C17H26N6/c1-13-6-5-7-14(10-13)11-19-17(18-2)20-12-16-22-21-15-8-3-4-9-23(15)16/h3-4,8-9,13-14H,5-7,10-12H2,1-2H3,(H2,18,19,20). The Bertz CT molecular complexity index is 662. The predicted molar refractivity (Wildman–Crippen MR) is 92.3 cm³/mol. The minimum Gasteiger partial charge on any atom is -0.356 e. The summed E-state index contributed by atoms with van der Waals surface area (Å²) in [7, 11) is 1.81. The molecule has 2 atom stereocenters. The van der Waals surface area contributed by atoms with Gasteiger partial charge in [0, 0.05) is 19.8 Å². The molecule has 0 saturated heterocycles. The Labute approximate surface area is 137 Å². The molecule has 0 amide bonds. The molecular weight excluding hydrogens is 288 g/mol. The molecule has 1 aliphatic rings. The lowest BCUT2D eigenvalue weighted by molar-refractivity contribution is 0.282. The summed E-state index contributed by atoms with van der Waals surface area (Å²) in [6, 6.07) is 5.90. The molecule has 3 rings (SSSR count). The fourth-order valence-electron chi connectivity index (χ4n) is 3.38. The lowest BCUT2D eigenvalue weighted by Gasteiger charge is -2.27. The Morgan fingerprint density at radius 3 is 3.04 bits per heavy atom. The molecule has 1 fully saturated rings. The second-order valence-corrected chi connectivity index (χ2v) is 6.49. The highest BCUT2D eigenvalue weighted by Crippen LogP contribution is 2.27. The first kappa shape index (κ1) is 15.8. The molecule has 0 aliphatic heterocycles. The zero-order valence-corrected chi connectivity index (χ0v) is 14.0. The summed E-state index contributed by atoms with van der Waals surface area (Å²) in [5, 5.41) is 15.2. The van der Waals surface area contributed by atoms with Crippen LogP contribution < -0.4 is 10.6 Å². The van der Waals surface area contributed by atoms with E-state index in [2.05, 4.69) is 32.7 Å². The van der Waals surface area contributed by atoms with Gasteiger partial charge in [-0.25, -0.2) is 0 Å². The fourth-order valence-corrected chi connectivity index (χ4v) is 3.38. The van der Waals surface area contributed by atoms with E-state index >= 15 is 0 Å². The van der Waals surface area contributed by atoms with Gasteiger partial charge in [0.15, 0.2) is 17.4 Å². The van der Waals surface area contributed by atoms with Gasteiger partial charge in [-0.2, -0.15) is 0 Å². The van der Waals surface area contributed by atoms with Crippen LogP contribution in [0.5, 0.6) is 0 Å². The number of hydrogen-bond acceptors (Lipinski definition) is 3. The van der Waals surface area contributed by atoms with Gasteiger partial charge in [0.25, 0.3) is 0 Å². The summed E-state index contributed by atoms with van der Waals surface area (Å²) in [5.41, 5.74) is 0.864. The molecule has 2 aromatic heterocycles. The average molecular weight is 314 g/mol. The summed E-state index contributed by atoms with van der Waals surface area (Å²) in [5.74, 6) is 3.32. The molecule has 2 N–H and O–H groups in total. The zero-order chi connectivity index (χ0) is 16.1. The van der Waals surface area contributed by atoms with Gasteiger partial charge in [-0.15, -0.1) is 10.2 Å². The van der Waals surface area contributed by atoms with Crippen LogP contribution in [0.2, 0.25) is 0 Å². The van der Waals surface area contributed by atoms with Crippen molar-refractivity contribution in [2.75, 3.05) is 13.6 Å². The number of nitrogens with one attached hydrogen (secondary N) is 2. The van der Waals surface area contributed by atoms with Crippen LogP contribution >= 0.6 is 0 Å². The highest BCUT2D eigenvalue weighted by Gasteiger charge is 2.18. The molecular formula is C17H26N6. The molecule has 2 aromatic rings. The number of guanidine groups is 1. The quantitative estimate of drug-likeness (QED) is 0.671. The highest BCUT2D eigenvalue weighted by atomic mass is 15.3. The molecule has 6 nitrogen and oxygen atoms in total. The van der Waals surface area contributed by atoms with Crippen LogP contribution in [0, 0.1) is 11.8 Å². The van der Waals surface area contributed by atoms with Gasteiger partial charge in [0.2, 0.25) is 0 Å². The van der Waals surface area contributed by atoms with E-state index in [1.165, 1.54) is 25.7 Å². The van der Waals surface area contributed by atoms with Gasteiger partial charge in [-0.3, -0.25) is 9.39 Å². The third-order valence-corrected chi connectivity index (χ3v) is 4.63. The lowest BCUT2D eigenvalue weighted by Crippen LogP contribution is -2.40. The Morgan fingerprint density at radius 2 is 2.22 bits per heavy atom. The molecule has 0 spiro atoms. The Kier molecular flexibility index (Phi) is 5.10. The summed E-state index contributed by atoms with van der Waals surface area (Å²) >= 11 is 0. The van der Waals surface area contributed by atoms with Gasteiger partial charge in [-0.05, 0) is 36.8 Å². The molecule has 1 saturated carbocycles. The molecule has 124 valence electrons. The normalized spacial score (nSPS) is 22.3. The van der Waals surface area contributed by atoms with Crippen molar-refractivity contribution in [1.82, 2.24) is 25.2 Å². The van der Waals surface area contributed by atoms with Crippen molar-refractivity contribution in [1.29, 1.82) is 0 Å². The Balaban J connectivity index is 1.51. The Morgan fingerprint density at radius 1 is 1.30 bits per heavy atom. The van der Waals surface area contributed by atoms with E-state index in [4.69, 9.17) is 0 Å². The van der Waals surface area contributed by atoms with Crippen molar-refractivity contribution in [3.8, 4) is 0 Å². The molecule has 0 aromatic carbocycles. The molecule has 2 unspecified atom stereocenters. The van der Waals surface area contributed by atoms with Crippen molar-refractivity contribution in [2.45, 2.75) is 39.2 Å². The SMILES string of the molecule is CN=C(NCc1nnc2ccccn12)NCC1CCCC(C)C1. The van der Waals surface area contributed by atoms with Crippen LogP contribution in [0.25, 0.3) is 5.65 Å². The van der Waals surface area contributed by atoms with E-state index in [1.807, 2.05) is 28.8 Å². The second-order valence-electron chi connectivity index (χ2n) is 6.49. The van der Waals surface area contributed by atoms with E-state index in [-0.39, 0.29) is 0 Å². The maximum absolute atomic E-state index is 4.31. The zero-order valence-electron chi connectivity index (χ0n) is 14.0. The number of pyridine rings is 1. The number of fused-ring (bicyclic) bond motifs is 1. The summed E-state index contributed by atoms with van der Waals surface area (Å²) in [4.78, 5) is 4.31. The fraction of sp³-hybridized carbons (Fsp3) is 0.588. The highest BCUT2D eigenvalue weighted by molar-refractivity contribution is 5.79. The smallest absolute Gasteiger partial charge is 0.191 e. The molecule has 0 bridgehead atoms. The molecule has 0 radical (unpaired) electrons. The number of nitrogens with zero attached hydrogens (tertiary/aromatic N) is 4. The predicted octanol–water partition coefficient (Wildman–Crippen LogP) is 2.22. The maximum atomic E-state index is 4.31. The first-order valence-corrected chi connectivity index (χ1v) is 8.49. The van der Waals surface area contributed by atoms with Crippen LogP contribution in [0.4, 0.5) is 0 Å². The van der Waals surface area contributed by atoms with Gasteiger partial charge in [0.05, 0.1) is 6.54 Å².